The second-order valence-corrected chi connectivity index (χ2v) is 4.47. The Morgan fingerprint density at radius 3 is 2.50 bits per heavy atom. The van der Waals surface area contributed by atoms with Crippen molar-refractivity contribution in [2.24, 2.45) is 0 Å². The van der Waals surface area contributed by atoms with Gasteiger partial charge in [-0.1, -0.05) is 32.9 Å². The van der Waals surface area contributed by atoms with E-state index in [0.29, 0.717) is 11.8 Å². The Labute approximate surface area is 98.8 Å². The first kappa shape index (κ1) is 12.6. The monoisotopic (exact) mass is 216 g/mol. The highest BCUT2D eigenvalue weighted by atomic mass is 16.5. The molecule has 0 saturated heterocycles. The fourth-order valence-corrected chi connectivity index (χ4v) is 1.81. The molecule has 0 aromatic heterocycles. The van der Waals surface area contributed by atoms with Crippen LogP contribution in [0.4, 0.5) is 0 Å². The molecular weight excluding hydrogens is 196 g/mol. The van der Waals surface area contributed by atoms with Gasteiger partial charge >= 0.3 is 0 Å². The summed E-state index contributed by atoms with van der Waals surface area (Å²) in [6.45, 7) is 6.51. The van der Waals surface area contributed by atoms with E-state index in [1.54, 1.807) is 7.11 Å². The Morgan fingerprint density at radius 1 is 1.31 bits per heavy atom. The zero-order valence-electron chi connectivity index (χ0n) is 10.6. The van der Waals surface area contributed by atoms with Gasteiger partial charge in [-0.25, -0.2) is 0 Å². The number of methoxy groups -OCH3 is 1. The molecule has 0 heterocycles. The van der Waals surface area contributed by atoms with E-state index >= 15 is 0 Å². The highest BCUT2D eigenvalue weighted by molar-refractivity contribution is 5.40. The summed E-state index contributed by atoms with van der Waals surface area (Å²) in [6, 6.07) is 6.36. The smallest absolute Gasteiger partial charge is 0.122 e. The summed E-state index contributed by atoms with van der Waals surface area (Å²) < 4.78 is 5.36. The highest BCUT2D eigenvalue weighted by Crippen LogP contribution is 2.30. The van der Waals surface area contributed by atoms with Gasteiger partial charge in [0, 0.05) is 6.42 Å². The van der Waals surface area contributed by atoms with Crippen LogP contribution in [0, 0.1) is 12.3 Å². The summed E-state index contributed by atoms with van der Waals surface area (Å²) in [5, 5.41) is 0. The van der Waals surface area contributed by atoms with Crippen LogP contribution in [-0.4, -0.2) is 7.11 Å². The molecule has 86 valence electrons. The number of hydrogen-bond acceptors (Lipinski definition) is 1. The van der Waals surface area contributed by atoms with Crippen molar-refractivity contribution in [3.05, 3.63) is 29.3 Å². The van der Waals surface area contributed by atoms with E-state index in [2.05, 4.69) is 38.8 Å². The molecule has 0 N–H and O–H groups in total. The fourth-order valence-electron chi connectivity index (χ4n) is 1.81. The molecule has 0 amide bonds. The number of benzene rings is 1. The molecule has 0 aliphatic carbocycles. The SMILES string of the molecule is C#CCC(C)c1ccc(OC)c(C(C)C)c1. The molecular formula is C15H20O. The third-order valence-electron chi connectivity index (χ3n) is 2.87. The molecule has 0 spiro atoms. The first-order chi connectivity index (χ1) is 7.60. The zero-order valence-corrected chi connectivity index (χ0v) is 10.6. The molecule has 1 aromatic rings. The molecule has 0 bridgehead atoms. The lowest BCUT2D eigenvalue weighted by Gasteiger charge is -2.16. The van der Waals surface area contributed by atoms with Crippen molar-refractivity contribution >= 4 is 0 Å². The lowest BCUT2D eigenvalue weighted by atomic mass is 9.92. The van der Waals surface area contributed by atoms with Crippen LogP contribution < -0.4 is 4.74 Å². The Morgan fingerprint density at radius 2 is 2.00 bits per heavy atom. The van der Waals surface area contributed by atoms with Crippen LogP contribution in [0.1, 0.15) is 50.2 Å². The summed E-state index contributed by atoms with van der Waals surface area (Å²) in [6.07, 6.45) is 6.13. The third-order valence-corrected chi connectivity index (χ3v) is 2.87. The minimum absolute atomic E-state index is 0.411. The second-order valence-electron chi connectivity index (χ2n) is 4.47. The van der Waals surface area contributed by atoms with E-state index in [9.17, 15) is 0 Å². The third kappa shape index (κ3) is 2.79. The van der Waals surface area contributed by atoms with Crippen molar-refractivity contribution in [3.8, 4) is 18.1 Å². The predicted octanol–water partition coefficient (Wildman–Crippen LogP) is 3.95. The molecule has 0 aliphatic rings. The van der Waals surface area contributed by atoms with Crippen LogP contribution in [0.3, 0.4) is 0 Å². The van der Waals surface area contributed by atoms with E-state index in [1.807, 2.05) is 6.07 Å². The first-order valence-corrected chi connectivity index (χ1v) is 5.71. The summed E-state index contributed by atoms with van der Waals surface area (Å²) in [5.74, 6) is 4.55. The van der Waals surface area contributed by atoms with Crippen molar-refractivity contribution < 1.29 is 4.74 Å². The van der Waals surface area contributed by atoms with Crippen LogP contribution in [0.25, 0.3) is 0 Å². The Kier molecular flexibility index (Phi) is 4.43. The standard InChI is InChI=1S/C15H20O/c1-6-7-12(4)13-8-9-15(16-5)14(10-13)11(2)3/h1,8-12H,7H2,2-5H3. The van der Waals surface area contributed by atoms with E-state index < -0.39 is 0 Å². The lowest BCUT2D eigenvalue weighted by Crippen LogP contribution is -1.98. The largest absolute Gasteiger partial charge is 0.496 e. The van der Waals surface area contributed by atoms with Gasteiger partial charge in [0.1, 0.15) is 5.75 Å². The van der Waals surface area contributed by atoms with Crippen molar-refractivity contribution in [3.63, 3.8) is 0 Å². The number of rotatable bonds is 4. The van der Waals surface area contributed by atoms with E-state index in [1.165, 1.54) is 11.1 Å². The van der Waals surface area contributed by atoms with Crippen LogP contribution in [0.15, 0.2) is 18.2 Å². The second kappa shape index (κ2) is 5.61. The van der Waals surface area contributed by atoms with E-state index in [-0.39, 0.29) is 0 Å². The highest BCUT2D eigenvalue weighted by Gasteiger charge is 2.11. The van der Waals surface area contributed by atoms with Crippen LogP contribution in [0.2, 0.25) is 0 Å². The van der Waals surface area contributed by atoms with Crippen LogP contribution in [-0.2, 0) is 0 Å². The first-order valence-electron chi connectivity index (χ1n) is 5.71. The molecule has 0 radical (unpaired) electrons. The van der Waals surface area contributed by atoms with Crippen LogP contribution in [0.5, 0.6) is 5.75 Å². The summed E-state index contributed by atoms with van der Waals surface area (Å²) in [5.41, 5.74) is 2.55. The molecule has 0 saturated carbocycles. The minimum atomic E-state index is 0.411. The fraction of sp³-hybridized carbons (Fsp3) is 0.467. The minimum Gasteiger partial charge on any atom is -0.496 e. The van der Waals surface area contributed by atoms with E-state index in [4.69, 9.17) is 11.2 Å². The van der Waals surface area contributed by atoms with Gasteiger partial charge in [0.05, 0.1) is 7.11 Å². The van der Waals surface area contributed by atoms with Crippen molar-refractivity contribution in [1.82, 2.24) is 0 Å². The number of terminal acetylenes is 1. The quantitative estimate of drug-likeness (QED) is 0.692. The van der Waals surface area contributed by atoms with Gasteiger partial charge in [0.2, 0.25) is 0 Å². The summed E-state index contributed by atoms with van der Waals surface area (Å²) >= 11 is 0. The number of hydrogen-bond donors (Lipinski definition) is 0. The predicted molar refractivity (Wildman–Crippen MR) is 68.9 cm³/mol. The summed E-state index contributed by atoms with van der Waals surface area (Å²) in [7, 11) is 1.71. The molecule has 1 heteroatoms. The molecule has 1 nitrogen and oxygen atoms in total. The molecule has 1 aromatic carbocycles. The molecule has 1 atom stereocenters. The van der Waals surface area contributed by atoms with Gasteiger partial charge in [-0.15, -0.1) is 12.3 Å². The average molecular weight is 216 g/mol. The molecule has 16 heavy (non-hydrogen) atoms. The van der Waals surface area contributed by atoms with Gasteiger partial charge in [0.15, 0.2) is 0 Å². The molecule has 1 unspecified atom stereocenters. The van der Waals surface area contributed by atoms with Crippen molar-refractivity contribution in [2.75, 3.05) is 7.11 Å². The van der Waals surface area contributed by atoms with Gasteiger partial charge in [0.25, 0.3) is 0 Å². The van der Waals surface area contributed by atoms with Gasteiger partial charge in [-0.2, -0.15) is 0 Å². The maximum Gasteiger partial charge on any atom is 0.122 e. The number of ether oxygens (including phenoxy) is 1. The van der Waals surface area contributed by atoms with Crippen molar-refractivity contribution in [1.29, 1.82) is 0 Å². The molecule has 0 fully saturated rings. The average Bonchev–Trinajstić information content (AvgIpc) is 2.28. The van der Waals surface area contributed by atoms with Crippen molar-refractivity contribution in [2.45, 2.75) is 39.0 Å². The lowest BCUT2D eigenvalue weighted by molar-refractivity contribution is 0.407. The maximum atomic E-state index is 5.36. The maximum absolute atomic E-state index is 5.36. The Balaban J connectivity index is 3.07. The van der Waals surface area contributed by atoms with Gasteiger partial charge in [-0.3, -0.25) is 0 Å². The zero-order chi connectivity index (χ0) is 12.1. The molecule has 0 aliphatic heterocycles. The Bertz CT molecular complexity index is 385. The topological polar surface area (TPSA) is 9.23 Å². The Hall–Kier alpha value is -1.42. The van der Waals surface area contributed by atoms with Gasteiger partial charge < -0.3 is 4.74 Å². The van der Waals surface area contributed by atoms with E-state index in [0.717, 1.165) is 12.2 Å². The molecule has 1 rings (SSSR count). The van der Waals surface area contributed by atoms with Gasteiger partial charge in [-0.05, 0) is 29.0 Å². The normalized spacial score (nSPS) is 12.2. The van der Waals surface area contributed by atoms with Crippen LogP contribution >= 0.6 is 0 Å². The summed E-state index contributed by atoms with van der Waals surface area (Å²) in [4.78, 5) is 0.